The third kappa shape index (κ3) is 2.62. The lowest BCUT2D eigenvalue weighted by molar-refractivity contribution is -0.128. The number of aryl methyl sites for hydroxylation is 1. The SMILES string of the molecule is C=CC(=O)Oc1c(C)cccc1N=C=O. The van der Waals surface area contributed by atoms with Gasteiger partial charge in [0.2, 0.25) is 6.08 Å². The monoisotopic (exact) mass is 203 g/mol. The number of benzene rings is 1. The summed E-state index contributed by atoms with van der Waals surface area (Å²) in [6.45, 7) is 5.03. The van der Waals surface area contributed by atoms with Crippen LogP contribution in [-0.2, 0) is 9.59 Å². The molecule has 0 aliphatic heterocycles. The van der Waals surface area contributed by atoms with Crippen LogP contribution in [0.1, 0.15) is 5.56 Å². The second kappa shape index (κ2) is 4.88. The van der Waals surface area contributed by atoms with E-state index in [1.165, 1.54) is 6.08 Å². The minimum atomic E-state index is -0.591. The molecule has 0 saturated heterocycles. The van der Waals surface area contributed by atoms with Gasteiger partial charge in [-0.15, -0.1) is 0 Å². The molecule has 0 saturated carbocycles. The van der Waals surface area contributed by atoms with E-state index in [-0.39, 0.29) is 11.4 Å². The van der Waals surface area contributed by atoms with E-state index < -0.39 is 5.97 Å². The van der Waals surface area contributed by atoms with Crippen LogP contribution in [-0.4, -0.2) is 12.0 Å². The van der Waals surface area contributed by atoms with Crippen LogP contribution < -0.4 is 4.74 Å². The smallest absolute Gasteiger partial charge is 0.335 e. The topological polar surface area (TPSA) is 55.7 Å². The van der Waals surface area contributed by atoms with E-state index in [4.69, 9.17) is 4.74 Å². The summed E-state index contributed by atoms with van der Waals surface area (Å²) in [5.74, 6) is -0.336. The maximum Gasteiger partial charge on any atom is 0.335 e. The van der Waals surface area contributed by atoms with Crippen molar-refractivity contribution in [3.63, 3.8) is 0 Å². The highest BCUT2D eigenvalue weighted by molar-refractivity contribution is 5.84. The Kier molecular flexibility index (Phi) is 3.55. The molecular formula is C11H9NO3. The Morgan fingerprint density at radius 3 is 2.93 bits per heavy atom. The van der Waals surface area contributed by atoms with Crippen molar-refractivity contribution in [3.8, 4) is 5.75 Å². The number of carbonyl (C=O) groups is 1. The van der Waals surface area contributed by atoms with Gasteiger partial charge in [-0.2, -0.15) is 4.99 Å². The first-order chi connectivity index (χ1) is 7.19. The minimum Gasteiger partial charge on any atom is -0.421 e. The molecule has 76 valence electrons. The van der Waals surface area contributed by atoms with Gasteiger partial charge in [-0.25, -0.2) is 9.59 Å². The normalized spacial score (nSPS) is 8.87. The third-order valence-electron chi connectivity index (χ3n) is 1.73. The van der Waals surface area contributed by atoms with Crippen LogP contribution in [0, 0.1) is 6.92 Å². The molecule has 15 heavy (non-hydrogen) atoms. The standard InChI is InChI=1S/C11H9NO3/c1-3-10(14)15-11-8(2)5-4-6-9(11)12-7-13/h3-6H,1H2,2H3. The number of para-hydroxylation sites is 1. The van der Waals surface area contributed by atoms with Crippen molar-refractivity contribution < 1.29 is 14.3 Å². The molecule has 0 bridgehead atoms. The van der Waals surface area contributed by atoms with Crippen molar-refractivity contribution in [2.75, 3.05) is 0 Å². The zero-order valence-electron chi connectivity index (χ0n) is 8.19. The summed E-state index contributed by atoms with van der Waals surface area (Å²) in [6, 6.07) is 5.01. The first-order valence-corrected chi connectivity index (χ1v) is 4.20. The van der Waals surface area contributed by atoms with Gasteiger partial charge in [-0.3, -0.25) is 0 Å². The van der Waals surface area contributed by atoms with Crippen LogP contribution >= 0.6 is 0 Å². The second-order valence-electron chi connectivity index (χ2n) is 2.75. The van der Waals surface area contributed by atoms with Crippen molar-refractivity contribution >= 4 is 17.7 Å². The second-order valence-corrected chi connectivity index (χ2v) is 2.75. The van der Waals surface area contributed by atoms with Gasteiger partial charge in [0, 0.05) is 6.08 Å². The lowest BCUT2D eigenvalue weighted by Crippen LogP contribution is -2.04. The molecule has 1 aromatic carbocycles. The maximum absolute atomic E-state index is 11.0. The first-order valence-electron chi connectivity index (χ1n) is 4.20. The molecule has 0 amide bonds. The molecule has 4 heteroatoms. The third-order valence-corrected chi connectivity index (χ3v) is 1.73. The predicted octanol–water partition coefficient (Wildman–Crippen LogP) is 2.05. The summed E-state index contributed by atoms with van der Waals surface area (Å²) in [5.41, 5.74) is 0.988. The lowest BCUT2D eigenvalue weighted by atomic mass is 10.2. The fraction of sp³-hybridized carbons (Fsp3) is 0.0909. The molecule has 0 spiro atoms. The molecule has 0 aliphatic rings. The fourth-order valence-electron chi connectivity index (χ4n) is 1.05. The molecule has 1 rings (SSSR count). The van der Waals surface area contributed by atoms with E-state index in [0.29, 0.717) is 5.56 Å². The van der Waals surface area contributed by atoms with Gasteiger partial charge >= 0.3 is 5.97 Å². The van der Waals surface area contributed by atoms with Crippen molar-refractivity contribution in [1.82, 2.24) is 0 Å². The molecule has 4 nitrogen and oxygen atoms in total. The van der Waals surface area contributed by atoms with E-state index in [2.05, 4.69) is 11.6 Å². The van der Waals surface area contributed by atoms with Crippen LogP contribution in [0.4, 0.5) is 5.69 Å². The van der Waals surface area contributed by atoms with Crippen LogP contribution in [0.5, 0.6) is 5.75 Å². The van der Waals surface area contributed by atoms with Gasteiger partial charge in [0.15, 0.2) is 5.75 Å². The fourth-order valence-corrected chi connectivity index (χ4v) is 1.05. The summed E-state index contributed by atoms with van der Waals surface area (Å²) in [7, 11) is 0. The zero-order valence-corrected chi connectivity index (χ0v) is 8.19. The number of hydrogen-bond acceptors (Lipinski definition) is 4. The van der Waals surface area contributed by atoms with Crippen LogP contribution in [0.25, 0.3) is 0 Å². The number of esters is 1. The molecular weight excluding hydrogens is 194 g/mol. The quantitative estimate of drug-likeness (QED) is 0.248. The number of ether oxygens (including phenoxy) is 1. The van der Waals surface area contributed by atoms with Gasteiger partial charge in [0.05, 0.1) is 0 Å². The molecule has 0 aromatic heterocycles. The van der Waals surface area contributed by atoms with Crippen LogP contribution in [0.3, 0.4) is 0 Å². The lowest BCUT2D eigenvalue weighted by Gasteiger charge is -2.06. The van der Waals surface area contributed by atoms with Gasteiger partial charge in [-0.1, -0.05) is 18.7 Å². The summed E-state index contributed by atoms with van der Waals surface area (Å²) in [6.07, 6.45) is 2.44. The largest absolute Gasteiger partial charge is 0.421 e. The Labute approximate surface area is 86.9 Å². The molecule has 0 fully saturated rings. The highest BCUT2D eigenvalue weighted by atomic mass is 16.5. The van der Waals surface area contributed by atoms with Gasteiger partial charge in [-0.05, 0) is 18.6 Å². The predicted molar refractivity (Wildman–Crippen MR) is 54.8 cm³/mol. The average Bonchev–Trinajstić information content (AvgIpc) is 2.23. The number of aliphatic imine (C=N–C) groups is 1. The Bertz CT molecular complexity index is 445. The summed E-state index contributed by atoms with van der Waals surface area (Å²) in [5, 5.41) is 0. The molecule has 1 aromatic rings. The van der Waals surface area contributed by atoms with Gasteiger partial charge in [0.1, 0.15) is 5.69 Å². The summed E-state index contributed by atoms with van der Waals surface area (Å²) in [4.78, 5) is 24.6. The number of hydrogen-bond donors (Lipinski definition) is 0. The minimum absolute atomic E-state index is 0.255. The highest BCUT2D eigenvalue weighted by Crippen LogP contribution is 2.30. The molecule has 0 radical (unpaired) electrons. The molecule has 0 heterocycles. The Morgan fingerprint density at radius 1 is 1.60 bits per heavy atom. The summed E-state index contributed by atoms with van der Waals surface area (Å²) < 4.78 is 4.95. The van der Waals surface area contributed by atoms with E-state index in [1.807, 2.05) is 0 Å². The van der Waals surface area contributed by atoms with Crippen molar-refractivity contribution in [2.45, 2.75) is 6.92 Å². The van der Waals surface area contributed by atoms with Crippen LogP contribution in [0.15, 0.2) is 35.8 Å². The first kappa shape index (κ1) is 10.9. The van der Waals surface area contributed by atoms with Crippen molar-refractivity contribution in [3.05, 3.63) is 36.4 Å². The molecule has 0 unspecified atom stereocenters. The van der Waals surface area contributed by atoms with E-state index in [0.717, 1.165) is 6.08 Å². The highest BCUT2D eigenvalue weighted by Gasteiger charge is 2.09. The van der Waals surface area contributed by atoms with Crippen molar-refractivity contribution in [1.29, 1.82) is 0 Å². The Balaban J connectivity index is 3.17. The van der Waals surface area contributed by atoms with Crippen LogP contribution in [0.2, 0.25) is 0 Å². The summed E-state index contributed by atoms with van der Waals surface area (Å²) >= 11 is 0. The number of isocyanates is 1. The van der Waals surface area contributed by atoms with E-state index in [1.54, 1.807) is 25.1 Å². The molecule has 0 N–H and O–H groups in total. The van der Waals surface area contributed by atoms with E-state index in [9.17, 15) is 9.59 Å². The Morgan fingerprint density at radius 2 is 2.33 bits per heavy atom. The van der Waals surface area contributed by atoms with Gasteiger partial charge < -0.3 is 4.74 Å². The van der Waals surface area contributed by atoms with Gasteiger partial charge in [0.25, 0.3) is 0 Å². The number of rotatable bonds is 3. The Hall–Kier alpha value is -2.19. The molecule has 0 atom stereocenters. The number of carbonyl (C=O) groups excluding carboxylic acids is 2. The van der Waals surface area contributed by atoms with E-state index >= 15 is 0 Å². The zero-order chi connectivity index (χ0) is 11.3. The average molecular weight is 203 g/mol. The van der Waals surface area contributed by atoms with Crippen molar-refractivity contribution in [2.24, 2.45) is 4.99 Å². The number of nitrogens with zero attached hydrogens (tertiary/aromatic N) is 1. The maximum atomic E-state index is 11.0. The molecule has 0 aliphatic carbocycles.